The van der Waals surface area contributed by atoms with Gasteiger partial charge in [-0.3, -0.25) is 4.79 Å². The zero-order valence-electron chi connectivity index (χ0n) is 9.15. The average Bonchev–Trinajstić information content (AvgIpc) is 2.71. The number of thioether (sulfide) groups is 1. The van der Waals surface area contributed by atoms with Gasteiger partial charge in [0.05, 0.1) is 0 Å². The molecule has 1 aromatic rings. The minimum absolute atomic E-state index is 0.237. The number of nitrogens with zero attached hydrogens (tertiary/aromatic N) is 1. The van der Waals surface area contributed by atoms with E-state index in [1.807, 2.05) is 17.0 Å². The van der Waals surface area contributed by atoms with Crippen LogP contribution in [-0.4, -0.2) is 24.0 Å². The van der Waals surface area contributed by atoms with E-state index in [-0.39, 0.29) is 5.91 Å². The lowest BCUT2D eigenvalue weighted by molar-refractivity contribution is -0.117. The van der Waals surface area contributed by atoms with Crippen LogP contribution >= 0.6 is 27.7 Å². The largest absolute Gasteiger partial charge is 0.312 e. The van der Waals surface area contributed by atoms with E-state index in [9.17, 15) is 4.79 Å². The normalized spacial score (nSPS) is 20.5. The quantitative estimate of drug-likeness (QED) is 0.631. The van der Waals surface area contributed by atoms with Gasteiger partial charge in [-0.05, 0) is 36.4 Å². The van der Waals surface area contributed by atoms with Gasteiger partial charge in [-0.1, -0.05) is 15.9 Å². The maximum Gasteiger partial charge on any atom is 0.227 e. The van der Waals surface area contributed by atoms with Crippen LogP contribution in [0.15, 0.2) is 29.2 Å². The maximum atomic E-state index is 11.8. The molecule has 2 rings (SSSR count). The fourth-order valence-corrected chi connectivity index (χ4v) is 2.74. The number of alkyl halides is 1. The Morgan fingerprint density at radius 2 is 2.12 bits per heavy atom. The Labute approximate surface area is 109 Å². The second-order valence-electron chi connectivity index (χ2n) is 3.93. The second-order valence-corrected chi connectivity index (χ2v) is 5.45. The van der Waals surface area contributed by atoms with Crippen LogP contribution in [0.3, 0.4) is 0 Å². The number of carbonyl (C=O) groups is 1. The molecule has 0 aliphatic carbocycles. The molecule has 0 saturated carbocycles. The zero-order valence-corrected chi connectivity index (χ0v) is 11.6. The van der Waals surface area contributed by atoms with Gasteiger partial charge in [-0.15, -0.1) is 11.8 Å². The molecular formula is C12H14BrNOS. The summed E-state index contributed by atoms with van der Waals surface area (Å²) in [7, 11) is 0. The summed E-state index contributed by atoms with van der Waals surface area (Å²) in [6.45, 7) is 0.836. The maximum absolute atomic E-state index is 11.8. The van der Waals surface area contributed by atoms with Crippen LogP contribution in [0.25, 0.3) is 0 Å². The molecule has 0 bridgehead atoms. The van der Waals surface area contributed by atoms with Gasteiger partial charge in [0.1, 0.15) is 0 Å². The Bertz CT molecular complexity index is 379. The van der Waals surface area contributed by atoms with Gasteiger partial charge >= 0.3 is 0 Å². The predicted octanol–water partition coefficient (Wildman–Crippen LogP) is 3.16. The van der Waals surface area contributed by atoms with Crippen molar-refractivity contribution in [3.05, 3.63) is 24.3 Å². The van der Waals surface area contributed by atoms with Crippen LogP contribution in [0, 0.1) is 5.92 Å². The average molecular weight is 300 g/mol. The monoisotopic (exact) mass is 299 g/mol. The first-order valence-electron chi connectivity index (χ1n) is 5.25. The van der Waals surface area contributed by atoms with Crippen LogP contribution in [0.5, 0.6) is 0 Å². The fraction of sp³-hybridized carbons (Fsp3) is 0.417. The Kier molecular flexibility index (Phi) is 3.92. The van der Waals surface area contributed by atoms with Gasteiger partial charge in [0, 0.05) is 28.9 Å². The Hall–Kier alpha value is -0.480. The summed E-state index contributed by atoms with van der Waals surface area (Å²) in [6.07, 6.45) is 2.71. The molecular weight excluding hydrogens is 286 g/mol. The first-order valence-corrected chi connectivity index (χ1v) is 7.59. The zero-order chi connectivity index (χ0) is 11.5. The molecule has 16 heavy (non-hydrogen) atoms. The molecule has 1 amide bonds. The van der Waals surface area contributed by atoms with E-state index in [1.54, 1.807) is 11.8 Å². The van der Waals surface area contributed by atoms with Gasteiger partial charge in [-0.2, -0.15) is 0 Å². The standard InChI is InChI=1S/C12H14BrNOS/c1-16-11-4-2-10(3-5-11)14-8-9(7-13)6-12(14)15/h2-5,9H,6-8H2,1H3. The van der Waals surface area contributed by atoms with Crippen LogP contribution in [0.1, 0.15) is 6.42 Å². The predicted molar refractivity (Wildman–Crippen MR) is 72.5 cm³/mol. The Morgan fingerprint density at radius 1 is 1.44 bits per heavy atom. The van der Waals surface area contributed by atoms with E-state index in [0.29, 0.717) is 12.3 Å². The Balaban J connectivity index is 2.15. The molecule has 1 saturated heterocycles. The summed E-state index contributed by atoms with van der Waals surface area (Å²) in [4.78, 5) is 14.9. The van der Waals surface area contributed by atoms with E-state index >= 15 is 0 Å². The van der Waals surface area contributed by atoms with E-state index in [4.69, 9.17) is 0 Å². The van der Waals surface area contributed by atoms with Crippen molar-refractivity contribution in [1.29, 1.82) is 0 Å². The molecule has 4 heteroatoms. The van der Waals surface area contributed by atoms with Crippen LogP contribution < -0.4 is 4.90 Å². The van der Waals surface area contributed by atoms with Gasteiger partial charge in [0.2, 0.25) is 5.91 Å². The van der Waals surface area contributed by atoms with Crippen molar-refractivity contribution in [2.45, 2.75) is 11.3 Å². The van der Waals surface area contributed by atoms with Gasteiger partial charge < -0.3 is 4.90 Å². The number of rotatable bonds is 3. The van der Waals surface area contributed by atoms with Crippen molar-refractivity contribution in [2.24, 2.45) is 5.92 Å². The first-order chi connectivity index (χ1) is 7.74. The molecule has 0 aromatic heterocycles. The molecule has 0 N–H and O–H groups in total. The van der Waals surface area contributed by atoms with Crippen molar-refractivity contribution in [3.8, 4) is 0 Å². The first kappa shape index (κ1) is 12.0. The molecule has 0 spiro atoms. The highest BCUT2D eigenvalue weighted by atomic mass is 79.9. The van der Waals surface area contributed by atoms with Gasteiger partial charge in [0.25, 0.3) is 0 Å². The fourth-order valence-electron chi connectivity index (χ4n) is 1.90. The number of amides is 1. The molecule has 2 nitrogen and oxygen atoms in total. The van der Waals surface area contributed by atoms with E-state index in [0.717, 1.165) is 17.6 Å². The van der Waals surface area contributed by atoms with Crippen molar-refractivity contribution in [2.75, 3.05) is 23.0 Å². The summed E-state index contributed by atoms with van der Waals surface area (Å²) < 4.78 is 0. The molecule has 0 radical (unpaired) electrons. The number of anilines is 1. The van der Waals surface area contributed by atoms with Crippen LogP contribution in [-0.2, 0) is 4.79 Å². The van der Waals surface area contributed by atoms with Crippen LogP contribution in [0.2, 0.25) is 0 Å². The van der Waals surface area contributed by atoms with Crippen molar-refractivity contribution >= 4 is 39.3 Å². The smallest absolute Gasteiger partial charge is 0.227 e. The van der Waals surface area contributed by atoms with Gasteiger partial charge in [0.15, 0.2) is 0 Å². The minimum atomic E-state index is 0.237. The summed E-state index contributed by atoms with van der Waals surface area (Å²) in [5.74, 6) is 0.689. The van der Waals surface area contributed by atoms with Gasteiger partial charge in [-0.25, -0.2) is 0 Å². The minimum Gasteiger partial charge on any atom is -0.312 e. The summed E-state index contributed by atoms with van der Waals surface area (Å²) in [5.41, 5.74) is 1.02. The van der Waals surface area contributed by atoms with E-state index < -0.39 is 0 Å². The molecule has 1 atom stereocenters. The number of hydrogen-bond acceptors (Lipinski definition) is 2. The number of benzene rings is 1. The lowest BCUT2D eigenvalue weighted by atomic mass is 10.2. The number of halogens is 1. The molecule has 1 fully saturated rings. The lowest BCUT2D eigenvalue weighted by Crippen LogP contribution is -2.24. The third-order valence-corrected chi connectivity index (χ3v) is 4.47. The molecule has 1 aliphatic rings. The highest BCUT2D eigenvalue weighted by Gasteiger charge is 2.29. The van der Waals surface area contributed by atoms with Crippen molar-refractivity contribution < 1.29 is 4.79 Å². The highest BCUT2D eigenvalue weighted by Crippen LogP contribution is 2.27. The van der Waals surface area contributed by atoms with Crippen molar-refractivity contribution in [1.82, 2.24) is 0 Å². The summed E-state index contributed by atoms with van der Waals surface area (Å²) in [6, 6.07) is 8.18. The van der Waals surface area contributed by atoms with E-state index in [1.165, 1.54) is 4.90 Å². The summed E-state index contributed by atoms with van der Waals surface area (Å²) >= 11 is 5.16. The second kappa shape index (κ2) is 5.23. The molecule has 1 aliphatic heterocycles. The molecule has 1 unspecified atom stereocenters. The molecule has 1 heterocycles. The number of hydrogen-bond donors (Lipinski definition) is 0. The Morgan fingerprint density at radius 3 is 2.62 bits per heavy atom. The van der Waals surface area contributed by atoms with Crippen LogP contribution in [0.4, 0.5) is 5.69 Å². The number of carbonyl (C=O) groups excluding carboxylic acids is 1. The lowest BCUT2D eigenvalue weighted by Gasteiger charge is -2.16. The van der Waals surface area contributed by atoms with Crippen molar-refractivity contribution in [3.63, 3.8) is 0 Å². The molecule has 1 aromatic carbocycles. The molecule has 86 valence electrons. The third kappa shape index (κ3) is 2.43. The highest BCUT2D eigenvalue weighted by molar-refractivity contribution is 9.09. The SMILES string of the molecule is CSc1ccc(N2CC(CBr)CC2=O)cc1. The topological polar surface area (TPSA) is 20.3 Å². The van der Waals surface area contributed by atoms with E-state index in [2.05, 4.69) is 34.3 Å². The summed E-state index contributed by atoms with van der Waals surface area (Å²) in [5, 5.41) is 0.901. The third-order valence-electron chi connectivity index (χ3n) is 2.81.